The van der Waals surface area contributed by atoms with Crippen molar-refractivity contribution in [2.45, 2.75) is 57.0 Å². The average Bonchev–Trinajstić information content (AvgIpc) is 2.72. The predicted octanol–water partition coefficient (Wildman–Crippen LogP) is 2.45. The molecule has 3 rings (SSSR count). The number of amides is 1. The van der Waals surface area contributed by atoms with Crippen LogP contribution < -0.4 is 10.6 Å². The monoisotopic (exact) mass is 423 g/mol. The highest BCUT2D eigenvalue weighted by atomic mass is 32.2. The molecular weight excluding hydrogens is 390 g/mol. The zero-order chi connectivity index (χ0) is 21.0. The molecule has 7 nitrogen and oxygen atoms in total. The van der Waals surface area contributed by atoms with Crippen molar-refractivity contribution in [3.05, 3.63) is 24.3 Å². The smallest absolute Gasteiger partial charge is 0.243 e. The van der Waals surface area contributed by atoms with Gasteiger partial charge in [0.1, 0.15) is 0 Å². The summed E-state index contributed by atoms with van der Waals surface area (Å²) >= 11 is 0. The van der Waals surface area contributed by atoms with Gasteiger partial charge in [0.05, 0.1) is 24.2 Å². The summed E-state index contributed by atoms with van der Waals surface area (Å²) in [5.74, 6) is 1.10. The Morgan fingerprint density at radius 2 is 1.79 bits per heavy atom. The molecule has 2 fully saturated rings. The van der Waals surface area contributed by atoms with Crippen LogP contribution in [0.25, 0.3) is 0 Å². The molecule has 1 saturated carbocycles. The number of rotatable bonds is 6. The molecule has 1 heterocycles. The van der Waals surface area contributed by atoms with Crippen LogP contribution >= 0.6 is 0 Å². The number of hydrogen-bond acceptors (Lipinski definition) is 5. The summed E-state index contributed by atoms with van der Waals surface area (Å²) in [5.41, 5.74) is 0.592. The zero-order valence-corrected chi connectivity index (χ0v) is 18.4. The second kappa shape index (κ2) is 9.55. The molecule has 0 aromatic heterocycles. The fourth-order valence-electron chi connectivity index (χ4n) is 4.11. The maximum Gasteiger partial charge on any atom is 0.243 e. The van der Waals surface area contributed by atoms with Gasteiger partial charge in [-0.3, -0.25) is 4.79 Å². The molecule has 0 spiro atoms. The quantitative estimate of drug-likeness (QED) is 0.734. The molecule has 1 aromatic carbocycles. The summed E-state index contributed by atoms with van der Waals surface area (Å²) in [6, 6.07) is 6.41. The number of carbonyl (C=O) groups is 1. The molecule has 8 heteroatoms. The molecule has 2 N–H and O–H groups in total. The average molecular weight is 424 g/mol. The number of anilines is 1. The maximum absolute atomic E-state index is 12.7. The Bertz CT molecular complexity index is 791. The first-order valence-corrected chi connectivity index (χ1v) is 12.0. The molecule has 0 bridgehead atoms. The van der Waals surface area contributed by atoms with Crippen LogP contribution in [0.2, 0.25) is 0 Å². The van der Waals surface area contributed by atoms with Crippen LogP contribution in [-0.4, -0.2) is 57.0 Å². The highest BCUT2D eigenvalue weighted by molar-refractivity contribution is 7.89. The molecule has 29 heavy (non-hydrogen) atoms. The Morgan fingerprint density at radius 3 is 2.45 bits per heavy atom. The summed E-state index contributed by atoms with van der Waals surface area (Å²) < 4.78 is 32.0. The number of nitrogens with zero attached hydrogens (tertiary/aromatic N) is 1. The Hall–Kier alpha value is -1.48. The van der Waals surface area contributed by atoms with Crippen LogP contribution in [0.15, 0.2) is 29.2 Å². The normalized spacial score (nSPS) is 27.3. The standard InChI is InChI=1S/C21H33N3O4S/c1-15-5-4-6-20(16(15)2)22-17(3)21(25)23-18-7-9-19(10-8-18)29(26,27)24-11-13-28-14-12-24/h7-10,15-17,20,22H,4-6,11-14H2,1-3H3,(H,23,25)/t15-,16-,17+,20+/m1/s1. The van der Waals surface area contributed by atoms with E-state index in [2.05, 4.69) is 24.5 Å². The molecular formula is C21H33N3O4S. The third-order valence-electron chi connectivity index (χ3n) is 6.29. The molecule has 1 saturated heterocycles. The van der Waals surface area contributed by atoms with Gasteiger partial charge in [-0.1, -0.05) is 26.7 Å². The molecule has 4 atom stereocenters. The van der Waals surface area contributed by atoms with E-state index in [0.717, 1.165) is 6.42 Å². The Morgan fingerprint density at radius 1 is 1.14 bits per heavy atom. The molecule has 1 aromatic rings. The SMILES string of the molecule is C[C@@H]1[C@H](C)CCC[C@@H]1N[C@@H](C)C(=O)Nc1ccc(S(=O)(=O)N2CCOCC2)cc1. The second-order valence-electron chi connectivity index (χ2n) is 8.29. The van der Waals surface area contributed by atoms with Gasteiger partial charge >= 0.3 is 0 Å². The predicted molar refractivity (Wildman–Crippen MR) is 113 cm³/mol. The van der Waals surface area contributed by atoms with Gasteiger partial charge in [0.25, 0.3) is 0 Å². The number of nitrogens with one attached hydrogen (secondary N) is 2. The van der Waals surface area contributed by atoms with Crippen molar-refractivity contribution in [3.8, 4) is 0 Å². The van der Waals surface area contributed by atoms with Gasteiger partial charge in [-0.15, -0.1) is 0 Å². The van der Waals surface area contributed by atoms with Crippen LogP contribution in [-0.2, 0) is 19.6 Å². The first-order valence-electron chi connectivity index (χ1n) is 10.5. The first kappa shape index (κ1) is 22.2. The summed E-state index contributed by atoms with van der Waals surface area (Å²) in [4.78, 5) is 12.8. The van der Waals surface area contributed by atoms with E-state index in [-0.39, 0.29) is 16.8 Å². The lowest BCUT2D eigenvalue weighted by Gasteiger charge is -2.36. The van der Waals surface area contributed by atoms with Crippen molar-refractivity contribution >= 4 is 21.6 Å². The molecule has 0 unspecified atom stereocenters. The third-order valence-corrected chi connectivity index (χ3v) is 8.21. The fourth-order valence-corrected chi connectivity index (χ4v) is 5.52. The van der Waals surface area contributed by atoms with Crippen LogP contribution in [0.5, 0.6) is 0 Å². The molecule has 1 aliphatic carbocycles. The van der Waals surface area contributed by atoms with E-state index >= 15 is 0 Å². The van der Waals surface area contributed by atoms with Crippen molar-refractivity contribution in [1.82, 2.24) is 9.62 Å². The van der Waals surface area contributed by atoms with Crippen molar-refractivity contribution < 1.29 is 17.9 Å². The van der Waals surface area contributed by atoms with Crippen molar-refractivity contribution in [2.24, 2.45) is 11.8 Å². The highest BCUT2D eigenvalue weighted by Gasteiger charge is 2.29. The van der Waals surface area contributed by atoms with Gasteiger partial charge in [-0.2, -0.15) is 4.31 Å². The van der Waals surface area contributed by atoms with Gasteiger partial charge < -0.3 is 15.4 Å². The number of benzene rings is 1. The third kappa shape index (κ3) is 5.36. The summed E-state index contributed by atoms with van der Waals surface area (Å²) in [5, 5.41) is 6.36. The van der Waals surface area contributed by atoms with E-state index < -0.39 is 10.0 Å². The van der Waals surface area contributed by atoms with Gasteiger partial charge in [-0.05, 0) is 49.4 Å². The molecule has 1 aliphatic heterocycles. The lowest BCUT2D eigenvalue weighted by Crippen LogP contribution is -2.49. The molecule has 0 radical (unpaired) electrons. The number of carbonyl (C=O) groups excluding carboxylic acids is 1. The number of sulfonamides is 1. The van der Waals surface area contributed by atoms with Crippen LogP contribution in [0.3, 0.4) is 0 Å². The largest absolute Gasteiger partial charge is 0.379 e. The minimum atomic E-state index is -3.53. The van der Waals surface area contributed by atoms with Crippen LogP contribution in [0, 0.1) is 11.8 Å². The Kier molecular flexibility index (Phi) is 7.32. The summed E-state index contributed by atoms with van der Waals surface area (Å²) in [6.45, 7) is 7.95. The van der Waals surface area contributed by atoms with E-state index in [1.165, 1.54) is 17.1 Å². The lowest BCUT2D eigenvalue weighted by molar-refractivity contribution is -0.118. The lowest BCUT2D eigenvalue weighted by atomic mass is 9.78. The summed E-state index contributed by atoms with van der Waals surface area (Å²) in [7, 11) is -3.53. The Balaban J connectivity index is 1.58. The van der Waals surface area contributed by atoms with Gasteiger partial charge in [0.2, 0.25) is 15.9 Å². The van der Waals surface area contributed by atoms with E-state index in [4.69, 9.17) is 4.74 Å². The van der Waals surface area contributed by atoms with E-state index in [0.29, 0.717) is 49.9 Å². The van der Waals surface area contributed by atoms with Crippen LogP contribution in [0.4, 0.5) is 5.69 Å². The number of hydrogen-bond donors (Lipinski definition) is 2. The van der Waals surface area contributed by atoms with E-state index in [9.17, 15) is 13.2 Å². The van der Waals surface area contributed by atoms with E-state index in [1.807, 2.05) is 6.92 Å². The highest BCUT2D eigenvalue weighted by Crippen LogP contribution is 2.29. The van der Waals surface area contributed by atoms with Crippen molar-refractivity contribution in [1.29, 1.82) is 0 Å². The van der Waals surface area contributed by atoms with Crippen molar-refractivity contribution in [2.75, 3.05) is 31.6 Å². The van der Waals surface area contributed by atoms with Crippen molar-refractivity contribution in [3.63, 3.8) is 0 Å². The minimum Gasteiger partial charge on any atom is -0.379 e. The number of ether oxygens (including phenoxy) is 1. The molecule has 162 valence electrons. The number of morpholine rings is 1. The van der Waals surface area contributed by atoms with Gasteiger partial charge in [-0.25, -0.2) is 8.42 Å². The first-order chi connectivity index (χ1) is 13.8. The Labute approximate surface area is 174 Å². The zero-order valence-electron chi connectivity index (χ0n) is 17.6. The second-order valence-corrected chi connectivity index (χ2v) is 10.2. The van der Waals surface area contributed by atoms with E-state index in [1.54, 1.807) is 24.3 Å². The van der Waals surface area contributed by atoms with Gasteiger partial charge in [0, 0.05) is 24.8 Å². The minimum absolute atomic E-state index is 0.112. The molecule has 2 aliphatic rings. The van der Waals surface area contributed by atoms with Gasteiger partial charge in [0.15, 0.2) is 0 Å². The fraction of sp³-hybridized carbons (Fsp3) is 0.667. The molecule has 1 amide bonds. The van der Waals surface area contributed by atoms with Crippen LogP contribution in [0.1, 0.15) is 40.0 Å². The summed E-state index contributed by atoms with van der Waals surface area (Å²) in [6.07, 6.45) is 3.54. The maximum atomic E-state index is 12.7. The topological polar surface area (TPSA) is 87.7 Å².